The number of carbonyl (C=O) groups is 2. The molecule has 0 spiro atoms. The summed E-state index contributed by atoms with van der Waals surface area (Å²) in [6.45, 7) is 0. The van der Waals surface area contributed by atoms with Crippen LogP contribution in [0.2, 0.25) is 0 Å². The molecule has 2 aromatic carbocycles. The second-order valence-corrected chi connectivity index (χ2v) is 6.59. The topological polar surface area (TPSA) is 54.3 Å². The third-order valence-electron chi connectivity index (χ3n) is 4.78. The number of allylic oxidation sites excluding steroid dienone is 1. The summed E-state index contributed by atoms with van der Waals surface area (Å²) in [5, 5.41) is 3.90. The number of benzene rings is 2. The third-order valence-corrected chi connectivity index (χ3v) is 4.78. The van der Waals surface area contributed by atoms with E-state index < -0.39 is 6.04 Å². The largest absolute Gasteiger partial charge is 0.351 e. The first-order valence-electron chi connectivity index (χ1n) is 8.62. The Hall–Kier alpha value is -3.41. The van der Waals surface area contributed by atoms with Crippen molar-refractivity contribution in [3.63, 3.8) is 0 Å². The molecule has 3 aromatic rings. The molecular formula is C21H18FN3O2. The molecule has 2 amide bonds. The summed E-state index contributed by atoms with van der Waals surface area (Å²) < 4.78 is 15.2. The van der Waals surface area contributed by atoms with Gasteiger partial charge in [0.05, 0.1) is 6.04 Å². The Labute approximate surface area is 155 Å². The fraction of sp³-hybridized carbons (Fsp3) is 0.143. The number of urea groups is 1. The summed E-state index contributed by atoms with van der Waals surface area (Å²) >= 11 is 0. The van der Waals surface area contributed by atoms with Crippen molar-refractivity contribution in [2.75, 3.05) is 5.32 Å². The molecule has 1 aromatic heterocycles. The van der Waals surface area contributed by atoms with Crippen LogP contribution in [0.5, 0.6) is 0 Å². The zero-order valence-corrected chi connectivity index (χ0v) is 14.7. The van der Waals surface area contributed by atoms with Gasteiger partial charge >= 0.3 is 6.03 Å². The number of hydrogen-bond donors (Lipinski definition) is 1. The van der Waals surface area contributed by atoms with E-state index >= 15 is 0 Å². The molecule has 0 fully saturated rings. The van der Waals surface area contributed by atoms with Gasteiger partial charge in [0.15, 0.2) is 5.78 Å². The normalized spacial score (nSPS) is 16.7. The maximum absolute atomic E-state index is 13.2. The molecule has 136 valence electrons. The number of amides is 2. The number of nitrogens with zero attached hydrogens (tertiary/aromatic N) is 2. The van der Waals surface area contributed by atoms with Crippen molar-refractivity contribution in [1.29, 1.82) is 0 Å². The number of nitrogens with one attached hydrogen (secondary N) is 1. The lowest BCUT2D eigenvalue weighted by Gasteiger charge is -2.31. The number of aryl methyl sites for hydroxylation is 1. The predicted molar refractivity (Wildman–Crippen MR) is 102 cm³/mol. The Morgan fingerprint density at radius 2 is 1.93 bits per heavy atom. The van der Waals surface area contributed by atoms with Crippen LogP contribution < -0.4 is 5.32 Å². The SMILES string of the molecule is Cn1ccc2cc(NC(=O)N3C=CC(=O)C[C@H]3c3ccc(F)cc3)ccc21. The van der Waals surface area contributed by atoms with Gasteiger partial charge in [-0.1, -0.05) is 12.1 Å². The van der Waals surface area contributed by atoms with Gasteiger partial charge in [-0.15, -0.1) is 0 Å². The molecule has 1 atom stereocenters. The van der Waals surface area contributed by atoms with Gasteiger partial charge in [-0.2, -0.15) is 0 Å². The van der Waals surface area contributed by atoms with E-state index in [-0.39, 0.29) is 24.1 Å². The van der Waals surface area contributed by atoms with Crippen molar-refractivity contribution in [2.45, 2.75) is 12.5 Å². The molecule has 0 saturated carbocycles. The average Bonchev–Trinajstić information content (AvgIpc) is 3.02. The maximum Gasteiger partial charge on any atom is 0.326 e. The quantitative estimate of drug-likeness (QED) is 0.735. The number of anilines is 1. The minimum atomic E-state index is -0.469. The molecule has 5 nitrogen and oxygen atoms in total. The number of ketones is 1. The number of fused-ring (bicyclic) bond motifs is 1. The Kier molecular flexibility index (Phi) is 4.24. The van der Waals surface area contributed by atoms with Gasteiger partial charge in [0.1, 0.15) is 5.82 Å². The Morgan fingerprint density at radius 1 is 1.15 bits per heavy atom. The van der Waals surface area contributed by atoms with Gasteiger partial charge in [0.2, 0.25) is 0 Å². The zero-order valence-electron chi connectivity index (χ0n) is 14.7. The molecule has 0 unspecified atom stereocenters. The highest BCUT2D eigenvalue weighted by Crippen LogP contribution is 2.29. The van der Waals surface area contributed by atoms with Crippen LogP contribution in [0.15, 0.2) is 67.0 Å². The summed E-state index contributed by atoms with van der Waals surface area (Å²) in [6.07, 6.45) is 4.99. The van der Waals surface area contributed by atoms with E-state index in [0.717, 1.165) is 10.9 Å². The molecule has 1 aliphatic heterocycles. The van der Waals surface area contributed by atoms with E-state index in [2.05, 4.69) is 5.32 Å². The molecule has 6 heteroatoms. The molecule has 0 bridgehead atoms. The lowest BCUT2D eigenvalue weighted by Crippen LogP contribution is -2.37. The second-order valence-electron chi connectivity index (χ2n) is 6.59. The molecule has 1 N–H and O–H groups in total. The molecular weight excluding hydrogens is 345 g/mol. The first kappa shape index (κ1) is 17.0. The van der Waals surface area contributed by atoms with Crippen molar-refractivity contribution in [2.24, 2.45) is 7.05 Å². The number of halogens is 1. The molecule has 1 aliphatic rings. The van der Waals surface area contributed by atoms with Gasteiger partial charge in [-0.25, -0.2) is 9.18 Å². The molecule has 0 radical (unpaired) electrons. The highest BCUT2D eigenvalue weighted by atomic mass is 19.1. The van der Waals surface area contributed by atoms with Crippen LogP contribution in [0.25, 0.3) is 10.9 Å². The Bertz CT molecular complexity index is 1050. The standard InChI is InChI=1S/C21H18FN3O2/c1-24-10-8-15-12-17(6-7-19(15)24)23-21(27)25-11-9-18(26)13-20(25)14-2-4-16(22)5-3-14/h2-12,20H,13H2,1H3,(H,23,27)/t20-/m0/s1. The Morgan fingerprint density at radius 3 is 2.70 bits per heavy atom. The van der Waals surface area contributed by atoms with E-state index in [4.69, 9.17) is 0 Å². The van der Waals surface area contributed by atoms with Crippen LogP contribution in [-0.4, -0.2) is 21.3 Å². The maximum atomic E-state index is 13.2. The van der Waals surface area contributed by atoms with Gasteiger partial charge < -0.3 is 9.88 Å². The zero-order chi connectivity index (χ0) is 19.0. The monoisotopic (exact) mass is 363 g/mol. The minimum Gasteiger partial charge on any atom is -0.351 e. The lowest BCUT2D eigenvalue weighted by atomic mass is 9.97. The molecule has 4 rings (SSSR count). The molecule has 0 aliphatic carbocycles. The van der Waals surface area contributed by atoms with Crippen LogP contribution in [0.4, 0.5) is 14.9 Å². The van der Waals surface area contributed by atoms with Gasteiger partial charge in [-0.3, -0.25) is 9.69 Å². The summed E-state index contributed by atoms with van der Waals surface area (Å²) in [7, 11) is 1.96. The van der Waals surface area contributed by atoms with Crippen molar-refractivity contribution in [3.8, 4) is 0 Å². The minimum absolute atomic E-state index is 0.0703. The van der Waals surface area contributed by atoms with E-state index in [1.165, 1.54) is 29.3 Å². The summed E-state index contributed by atoms with van der Waals surface area (Å²) in [6, 6.07) is 12.7. The van der Waals surface area contributed by atoms with Gasteiger partial charge in [0.25, 0.3) is 0 Å². The molecule has 2 heterocycles. The highest BCUT2D eigenvalue weighted by Gasteiger charge is 2.28. The first-order valence-corrected chi connectivity index (χ1v) is 8.62. The highest BCUT2D eigenvalue weighted by molar-refractivity contribution is 5.97. The lowest BCUT2D eigenvalue weighted by molar-refractivity contribution is -0.116. The van der Waals surface area contributed by atoms with Crippen molar-refractivity contribution >= 4 is 28.4 Å². The van der Waals surface area contributed by atoms with E-state index in [0.29, 0.717) is 11.3 Å². The summed E-state index contributed by atoms with van der Waals surface area (Å²) in [4.78, 5) is 26.2. The predicted octanol–water partition coefficient (Wildman–Crippen LogP) is 4.38. The first-order chi connectivity index (χ1) is 13.0. The molecule has 0 saturated heterocycles. The van der Waals surface area contributed by atoms with E-state index in [1.54, 1.807) is 12.1 Å². The van der Waals surface area contributed by atoms with Crippen molar-refractivity contribution in [1.82, 2.24) is 9.47 Å². The van der Waals surface area contributed by atoms with Crippen LogP contribution >= 0.6 is 0 Å². The van der Waals surface area contributed by atoms with Crippen LogP contribution in [0, 0.1) is 5.82 Å². The van der Waals surface area contributed by atoms with Crippen LogP contribution in [-0.2, 0) is 11.8 Å². The smallest absolute Gasteiger partial charge is 0.326 e. The van der Waals surface area contributed by atoms with Gasteiger partial charge in [-0.05, 0) is 48.0 Å². The number of hydrogen-bond acceptors (Lipinski definition) is 2. The second kappa shape index (κ2) is 6.72. The van der Waals surface area contributed by atoms with Crippen molar-refractivity contribution < 1.29 is 14.0 Å². The van der Waals surface area contributed by atoms with E-state index in [1.807, 2.05) is 42.1 Å². The average molecular weight is 363 g/mol. The number of carbonyl (C=O) groups excluding carboxylic acids is 2. The molecule has 27 heavy (non-hydrogen) atoms. The third kappa shape index (κ3) is 3.33. The number of rotatable bonds is 2. The fourth-order valence-electron chi connectivity index (χ4n) is 3.34. The van der Waals surface area contributed by atoms with Crippen molar-refractivity contribution in [3.05, 3.63) is 78.4 Å². The summed E-state index contributed by atoms with van der Waals surface area (Å²) in [5.41, 5.74) is 2.45. The van der Waals surface area contributed by atoms with Gasteiger partial charge in [0, 0.05) is 42.5 Å². The van der Waals surface area contributed by atoms with E-state index in [9.17, 15) is 14.0 Å². The van der Waals surface area contributed by atoms with Crippen LogP contribution in [0.1, 0.15) is 18.0 Å². The summed E-state index contributed by atoms with van der Waals surface area (Å²) in [5.74, 6) is -0.428. The van der Waals surface area contributed by atoms with Crippen LogP contribution in [0.3, 0.4) is 0 Å². The number of aromatic nitrogens is 1. The fourth-order valence-corrected chi connectivity index (χ4v) is 3.34. The Balaban J connectivity index is 1.60.